The van der Waals surface area contributed by atoms with Crippen LogP contribution >= 0.6 is 11.6 Å². The molecule has 1 fully saturated rings. The second-order valence-corrected chi connectivity index (χ2v) is 7.11. The summed E-state index contributed by atoms with van der Waals surface area (Å²) in [4.78, 5) is 24.0. The number of fused-ring (bicyclic) bond motifs is 1. The van der Waals surface area contributed by atoms with E-state index in [2.05, 4.69) is 15.2 Å². The summed E-state index contributed by atoms with van der Waals surface area (Å²) in [7, 11) is 0. The van der Waals surface area contributed by atoms with Crippen molar-refractivity contribution in [3.63, 3.8) is 0 Å². The topological polar surface area (TPSA) is 67.4 Å². The molecule has 1 amide bonds. The molecular weight excluding hydrogens is 352 g/mol. The van der Waals surface area contributed by atoms with E-state index in [1.165, 1.54) is 0 Å². The van der Waals surface area contributed by atoms with Crippen LogP contribution in [0.1, 0.15) is 17.7 Å². The number of morpholine rings is 1. The number of carbonyl (C=O) groups excluding carboxylic acids is 1. The van der Waals surface area contributed by atoms with E-state index in [1.807, 2.05) is 18.3 Å². The minimum Gasteiger partial charge on any atom is -0.378 e. The van der Waals surface area contributed by atoms with E-state index < -0.39 is 0 Å². The molecule has 7 heteroatoms. The fraction of sp³-hybridized carbons (Fsp3) is 0.421. The summed E-state index contributed by atoms with van der Waals surface area (Å²) in [5.41, 5.74) is 2.91. The van der Waals surface area contributed by atoms with Gasteiger partial charge in [-0.15, -0.1) is 0 Å². The Kier molecular flexibility index (Phi) is 5.04. The Bertz CT molecular complexity index is 791. The summed E-state index contributed by atoms with van der Waals surface area (Å²) < 4.78 is 5.38. The van der Waals surface area contributed by atoms with E-state index >= 15 is 0 Å². The molecule has 0 saturated carbocycles. The van der Waals surface area contributed by atoms with Gasteiger partial charge in [0.15, 0.2) is 0 Å². The highest BCUT2D eigenvalue weighted by Gasteiger charge is 2.27. The second kappa shape index (κ2) is 7.60. The number of anilines is 2. The molecule has 1 aromatic carbocycles. The Balaban J connectivity index is 1.42. The lowest BCUT2D eigenvalue weighted by Gasteiger charge is -2.28. The minimum atomic E-state index is -0.0592. The van der Waals surface area contributed by atoms with Crippen molar-refractivity contribution in [2.24, 2.45) is 5.92 Å². The zero-order valence-electron chi connectivity index (χ0n) is 14.4. The predicted molar refractivity (Wildman–Crippen MR) is 101 cm³/mol. The van der Waals surface area contributed by atoms with Gasteiger partial charge in [0.2, 0.25) is 11.9 Å². The molecule has 0 radical (unpaired) electrons. The number of hydrogen-bond acceptors (Lipinski definition) is 5. The van der Waals surface area contributed by atoms with Crippen LogP contribution in [-0.4, -0.2) is 42.2 Å². The van der Waals surface area contributed by atoms with Crippen molar-refractivity contribution in [1.29, 1.82) is 0 Å². The zero-order valence-corrected chi connectivity index (χ0v) is 15.2. The first kappa shape index (κ1) is 17.2. The maximum atomic E-state index is 12.6. The van der Waals surface area contributed by atoms with Gasteiger partial charge >= 0.3 is 0 Å². The molecule has 1 aromatic heterocycles. The van der Waals surface area contributed by atoms with Gasteiger partial charge in [-0.25, -0.2) is 9.97 Å². The number of ether oxygens (including phenoxy) is 1. The number of nitrogens with zero attached hydrogens (tertiary/aromatic N) is 3. The molecule has 0 spiro atoms. The fourth-order valence-electron chi connectivity index (χ4n) is 3.41. The largest absolute Gasteiger partial charge is 0.378 e. The lowest BCUT2D eigenvalue weighted by Crippen LogP contribution is -2.38. The highest BCUT2D eigenvalue weighted by atomic mass is 35.5. The van der Waals surface area contributed by atoms with E-state index in [4.69, 9.17) is 21.3 Å². The zero-order chi connectivity index (χ0) is 17.9. The molecule has 0 unspecified atom stereocenters. The lowest BCUT2D eigenvalue weighted by molar-refractivity contribution is -0.120. The summed E-state index contributed by atoms with van der Waals surface area (Å²) in [5.74, 6) is 0.752. The Hall–Kier alpha value is -2.18. The number of rotatable bonds is 3. The summed E-state index contributed by atoms with van der Waals surface area (Å²) in [6.45, 7) is 3.08. The van der Waals surface area contributed by atoms with Crippen LogP contribution in [0.15, 0.2) is 30.5 Å². The average molecular weight is 373 g/mol. The van der Waals surface area contributed by atoms with Gasteiger partial charge in [-0.05, 0) is 49.1 Å². The summed E-state index contributed by atoms with van der Waals surface area (Å²) in [6.07, 6.45) is 4.16. The first-order chi connectivity index (χ1) is 12.7. The van der Waals surface area contributed by atoms with Crippen LogP contribution in [0.25, 0.3) is 0 Å². The summed E-state index contributed by atoms with van der Waals surface area (Å²) in [6, 6.07) is 7.17. The van der Waals surface area contributed by atoms with E-state index in [0.29, 0.717) is 24.7 Å². The third kappa shape index (κ3) is 3.81. The maximum Gasteiger partial charge on any atom is 0.227 e. The van der Waals surface area contributed by atoms with Crippen molar-refractivity contribution < 1.29 is 9.53 Å². The third-order valence-corrected chi connectivity index (χ3v) is 5.17. The van der Waals surface area contributed by atoms with Crippen molar-refractivity contribution in [2.75, 3.05) is 36.5 Å². The third-order valence-electron chi connectivity index (χ3n) is 4.91. The van der Waals surface area contributed by atoms with Crippen LogP contribution in [-0.2, 0) is 22.4 Å². The normalized spacial score (nSPS) is 19.7. The highest BCUT2D eigenvalue weighted by molar-refractivity contribution is 6.30. The van der Waals surface area contributed by atoms with Gasteiger partial charge in [0, 0.05) is 41.6 Å². The number of hydrogen-bond donors (Lipinski definition) is 1. The first-order valence-corrected chi connectivity index (χ1v) is 9.31. The van der Waals surface area contributed by atoms with Gasteiger partial charge < -0.3 is 15.0 Å². The molecular formula is C19H21ClN4O2. The molecule has 2 heterocycles. The van der Waals surface area contributed by atoms with E-state index in [1.54, 1.807) is 12.1 Å². The molecule has 1 aliphatic heterocycles. The number of halogens is 1. The van der Waals surface area contributed by atoms with Crippen LogP contribution in [0.2, 0.25) is 5.02 Å². The monoisotopic (exact) mass is 372 g/mol. The SMILES string of the molecule is O=C(Nc1ccc(Cl)cc1)[C@H]1CCc2nc(N3CCOCC3)ncc2C1. The van der Waals surface area contributed by atoms with Crippen LogP contribution < -0.4 is 10.2 Å². The number of aromatic nitrogens is 2. The Labute approximate surface area is 157 Å². The number of carbonyl (C=O) groups is 1. The molecule has 26 heavy (non-hydrogen) atoms. The van der Waals surface area contributed by atoms with E-state index in [9.17, 15) is 4.79 Å². The van der Waals surface area contributed by atoms with E-state index in [0.717, 1.165) is 48.8 Å². The van der Waals surface area contributed by atoms with Crippen LogP contribution in [0.3, 0.4) is 0 Å². The first-order valence-electron chi connectivity index (χ1n) is 8.93. The van der Waals surface area contributed by atoms with Crippen molar-refractivity contribution in [2.45, 2.75) is 19.3 Å². The Morgan fingerprint density at radius 3 is 2.77 bits per heavy atom. The number of benzene rings is 1. The fourth-order valence-corrected chi connectivity index (χ4v) is 3.54. The molecule has 1 N–H and O–H groups in total. The van der Waals surface area contributed by atoms with Gasteiger partial charge in [0.1, 0.15) is 0 Å². The number of aryl methyl sites for hydroxylation is 1. The number of nitrogens with one attached hydrogen (secondary N) is 1. The van der Waals surface area contributed by atoms with Crippen LogP contribution in [0.5, 0.6) is 0 Å². The van der Waals surface area contributed by atoms with Gasteiger partial charge in [-0.3, -0.25) is 4.79 Å². The van der Waals surface area contributed by atoms with Crippen molar-refractivity contribution in [3.05, 3.63) is 46.7 Å². The van der Waals surface area contributed by atoms with Crippen molar-refractivity contribution >= 4 is 29.1 Å². The Morgan fingerprint density at radius 1 is 1.23 bits per heavy atom. The molecule has 2 aliphatic rings. The molecule has 1 atom stereocenters. The van der Waals surface area contributed by atoms with Crippen molar-refractivity contribution in [3.8, 4) is 0 Å². The van der Waals surface area contributed by atoms with Gasteiger partial charge in [0.25, 0.3) is 0 Å². The van der Waals surface area contributed by atoms with Crippen LogP contribution in [0.4, 0.5) is 11.6 Å². The van der Waals surface area contributed by atoms with Gasteiger partial charge in [-0.2, -0.15) is 0 Å². The molecule has 1 saturated heterocycles. The van der Waals surface area contributed by atoms with Gasteiger partial charge in [-0.1, -0.05) is 11.6 Å². The summed E-state index contributed by atoms with van der Waals surface area (Å²) >= 11 is 5.88. The van der Waals surface area contributed by atoms with Crippen molar-refractivity contribution in [1.82, 2.24) is 9.97 Å². The highest BCUT2D eigenvalue weighted by Crippen LogP contribution is 2.26. The number of amides is 1. The standard InChI is InChI=1S/C19H21ClN4O2/c20-15-2-4-16(5-3-15)22-18(25)13-1-6-17-14(11-13)12-21-19(23-17)24-7-9-26-10-8-24/h2-5,12-13H,1,6-11H2,(H,22,25)/t13-/m0/s1. The maximum absolute atomic E-state index is 12.6. The Morgan fingerprint density at radius 2 is 2.00 bits per heavy atom. The lowest BCUT2D eigenvalue weighted by atomic mass is 9.86. The molecule has 0 bridgehead atoms. The predicted octanol–water partition coefficient (Wildman–Crippen LogP) is 2.71. The quantitative estimate of drug-likeness (QED) is 0.897. The molecule has 6 nitrogen and oxygen atoms in total. The molecule has 2 aromatic rings. The minimum absolute atomic E-state index is 0.0372. The summed E-state index contributed by atoms with van der Waals surface area (Å²) in [5, 5.41) is 3.63. The molecule has 136 valence electrons. The van der Waals surface area contributed by atoms with Crippen LogP contribution in [0, 0.1) is 5.92 Å². The second-order valence-electron chi connectivity index (χ2n) is 6.68. The smallest absolute Gasteiger partial charge is 0.227 e. The molecule has 1 aliphatic carbocycles. The van der Waals surface area contributed by atoms with E-state index in [-0.39, 0.29) is 11.8 Å². The average Bonchev–Trinajstić information content (AvgIpc) is 2.69. The van der Waals surface area contributed by atoms with Gasteiger partial charge in [0.05, 0.1) is 13.2 Å². The molecule has 4 rings (SSSR count).